The molecule has 0 aliphatic carbocycles. The van der Waals surface area contributed by atoms with Crippen LogP contribution in [0.2, 0.25) is 0 Å². The third-order valence-electron chi connectivity index (χ3n) is 4.10. The zero-order valence-electron chi connectivity index (χ0n) is 15.6. The van der Waals surface area contributed by atoms with E-state index in [0.29, 0.717) is 23.8 Å². The summed E-state index contributed by atoms with van der Waals surface area (Å²) in [5.41, 5.74) is 0.182. The van der Waals surface area contributed by atoms with Gasteiger partial charge >= 0.3 is 12.1 Å². The Morgan fingerprint density at radius 2 is 1.97 bits per heavy atom. The Morgan fingerprint density at radius 3 is 2.59 bits per heavy atom. The lowest BCUT2D eigenvalue weighted by Crippen LogP contribution is -2.11. The summed E-state index contributed by atoms with van der Waals surface area (Å²) in [5, 5.41) is 12.0. The maximum absolute atomic E-state index is 12.8. The van der Waals surface area contributed by atoms with Crippen LogP contribution in [0.4, 0.5) is 13.2 Å². The monoisotopic (exact) mass is 406 g/mol. The fraction of sp³-hybridized carbons (Fsp3) is 0.263. The van der Waals surface area contributed by atoms with Gasteiger partial charge < -0.3 is 9.47 Å². The number of carbonyl (C=O) groups excluding carboxylic acids is 1. The van der Waals surface area contributed by atoms with Crippen LogP contribution >= 0.6 is 0 Å². The van der Waals surface area contributed by atoms with Crippen LogP contribution < -0.4 is 4.74 Å². The van der Waals surface area contributed by atoms with Crippen molar-refractivity contribution in [1.82, 2.24) is 20.0 Å². The number of esters is 1. The summed E-state index contributed by atoms with van der Waals surface area (Å²) in [7, 11) is 1.47. The van der Waals surface area contributed by atoms with Gasteiger partial charge in [0.1, 0.15) is 12.2 Å². The summed E-state index contributed by atoms with van der Waals surface area (Å²) >= 11 is 0. The van der Waals surface area contributed by atoms with E-state index in [0.717, 1.165) is 12.1 Å². The molecule has 0 aliphatic rings. The highest BCUT2D eigenvalue weighted by Crippen LogP contribution is 2.29. The average Bonchev–Trinajstić information content (AvgIpc) is 3.16. The number of halogens is 3. The molecule has 0 N–H and O–H groups in total. The van der Waals surface area contributed by atoms with Crippen LogP contribution in [-0.2, 0) is 23.9 Å². The third kappa shape index (κ3) is 4.53. The van der Waals surface area contributed by atoms with Crippen molar-refractivity contribution in [3.05, 3.63) is 65.0 Å². The summed E-state index contributed by atoms with van der Waals surface area (Å²) in [6.07, 6.45) is -2.68. The van der Waals surface area contributed by atoms with Gasteiger partial charge in [0.2, 0.25) is 5.88 Å². The molecule has 29 heavy (non-hydrogen) atoms. The zero-order valence-corrected chi connectivity index (χ0v) is 15.6. The van der Waals surface area contributed by atoms with Crippen molar-refractivity contribution in [3.63, 3.8) is 0 Å². The second-order valence-corrected chi connectivity index (χ2v) is 5.98. The molecule has 7 nitrogen and oxygen atoms in total. The van der Waals surface area contributed by atoms with Crippen molar-refractivity contribution < 1.29 is 27.4 Å². The van der Waals surface area contributed by atoms with Gasteiger partial charge in [-0.15, -0.1) is 10.2 Å². The van der Waals surface area contributed by atoms with E-state index in [1.807, 2.05) is 6.92 Å². The van der Waals surface area contributed by atoms with Crippen molar-refractivity contribution in [2.24, 2.45) is 0 Å². The van der Waals surface area contributed by atoms with Gasteiger partial charge in [0, 0.05) is 6.07 Å². The highest BCUT2D eigenvalue weighted by atomic mass is 19.4. The molecule has 0 aliphatic heterocycles. The van der Waals surface area contributed by atoms with Crippen molar-refractivity contribution >= 4 is 5.97 Å². The number of rotatable bonds is 6. The minimum absolute atomic E-state index is 0.206. The van der Waals surface area contributed by atoms with Gasteiger partial charge in [-0.25, -0.2) is 9.48 Å². The maximum Gasteiger partial charge on any atom is 0.416 e. The topological polar surface area (TPSA) is 79.1 Å². The number of ether oxygens (including phenoxy) is 2. The van der Waals surface area contributed by atoms with Crippen LogP contribution in [0, 0.1) is 0 Å². The molecule has 0 fully saturated rings. The summed E-state index contributed by atoms with van der Waals surface area (Å²) in [4.78, 5) is 12.5. The molecule has 0 amide bonds. The van der Waals surface area contributed by atoms with E-state index in [1.54, 1.807) is 12.1 Å². The molecule has 0 spiro atoms. The van der Waals surface area contributed by atoms with Gasteiger partial charge in [0.25, 0.3) is 0 Å². The number of hydrogen-bond donors (Lipinski definition) is 0. The van der Waals surface area contributed by atoms with Crippen LogP contribution in [0.5, 0.6) is 5.88 Å². The minimum Gasteiger partial charge on any atom is -0.480 e. The Morgan fingerprint density at radius 1 is 1.17 bits per heavy atom. The first kappa shape index (κ1) is 20.3. The lowest BCUT2D eigenvalue weighted by molar-refractivity contribution is -0.137. The second kappa shape index (κ2) is 8.29. The molecule has 0 saturated carbocycles. The predicted octanol–water partition coefficient (Wildman–Crippen LogP) is 3.61. The number of aromatic nitrogens is 4. The smallest absolute Gasteiger partial charge is 0.416 e. The molecule has 3 aromatic rings. The van der Waals surface area contributed by atoms with Gasteiger partial charge in [-0.1, -0.05) is 19.1 Å². The SMILES string of the molecule is CCc1c(C(=O)OCc2cccc(C(F)(F)F)c2)cnn1-c1ccc(OC)nn1. The molecular weight excluding hydrogens is 389 g/mol. The lowest BCUT2D eigenvalue weighted by atomic mass is 10.1. The quantitative estimate of drug-likeness (QED) is 0.582. The molecule has 2 heterocycles. The molecule has 0 saturated heterocycles. The van der Waals surface area contributed by atoms with E-state index in [1.165, 1.54) is 30.1 Å². The molecule has 0 unspecified atom stereocenters. The van der Waals surface area contributed by atoms with E-state index in [9.17, 15) is 18.0 Å². The Bertz CT molecular complexity index is 1000. The van der Waals surface area contributed by atoms with Crippen LogP contribution in [0.1, 0.15) is 34.1 Å². The first-order valence-electron chi connectivity index (χ1n) is 8.61. The van der Waals surface area contributed by atoms with E-state index >= 15 is 0 Å². The Hall–Kier alpha value is -3.43. The van der Waals surface area contributed by atoms with Crippen LogP contribution in [0.3, 0.4) is 0 Å². The molecule has 0 bridgehead atoms. The number of methoxy groups -OCH3 is 1. The van der Waals surface area contributed by atoms with Crippen LogP contribution in [-0.4, -0.2) is 33.1 Å². The fourth-order valence-electron chi connectivity index (χ4n) is 2.68. The number of benzene rings is 1. The molecule has 3 rings (SSSR count). The van der Waals surface area contributed by atoms with Crippen molar-refractivity contribution in [2.45, 2.75) is 26.1 Å². The highest BCUT2D eigenvalue weighted by Gasteiger charge is 2.30. The number of hydrogen-bond acceptors (Lipinski definition) is 6. The number of alkyl halides is 3. The van der Waals surface area contributed by atoms with E-state index in [-0.39, 0.29) is 17.7 Å². The van der Waals surface area contributed by atoms with Crippen molar-refractivity contribution in [3.8, 4) is 11.7 Å². The van der Waals surface area contributed by atoms with E-state index in [4.69, 9.17) is 9.47 Å². The highest BCUT2D eigenvalue weighted by molar-refractivity contribution is 5.90. The summed E-state index contributed by atoms with van der Waals surface area (Å²) < 4.78 is 50.0. The molecule has 1 aromatic carbocycles. The van der Waals surface area contributed by atoms with Crippen LogP contribution in [0.15, 0.2) is 42.6 Å². The van der Waals surface area contributed by atoms with Gasteiger partial charge in [-0.05, 0) is 30.2 Å². The molecule has 0 radical (unpaired) electrons. The maximum atomic E-state index is 12.8. The van der Waals surface area contributed by atoms with Crippen LogP contribution in [0.25, 0.3) is 5.82 Å². The Balaban J connectivity index is 1.77. The fourth-order valence-corrected chi connectivity index (χ4v) is 2.68. The third-order valence-corrected chi connectivity index (χ3v) is 4.10. The lowest BCUT2D eigenvalue weighted by Gasteiger charge is -2.10. The number of nitrogens with zero attached hydrogens (tertiary/aromatic N) is 4. The molecular formula is C19H17F3N4O3. The summed E-state index contributed by atoms with van der Waals surface area (Å²) in [6, 6.07) is 7.87. The Kier molecular flexibility index (Phi) is 5.81. The van der Waals surface area contributed by atoms with Crippen molar-refractivity contribution in [2.75, 3.05) is 7.11 Å². The van der Waals surface area contributed by atoms with Crippen molar-refractivity contribution in [1.29, 1.82) is 0 Å². The zero-order chi connectivity index (χ0) is 21.0. The first-order valence-corrected chi connectivity index (χ1v) is 8.61. The normalized spacial score (nSPS) is 11.3. The van der Waals surface area contributed by atoms with Gasteiger partial charge in [-0.2, -0.15) is 18.3 Å². The van der Waals surface area contributed by atoms with Gasteiger partial charge in [-0.3, -0.25) is 0 Å². The standard InChI is InChI=1S/C19H17F3N4O3/c1-3-15-14(10-23-26(15)16-7-8-17(28-2)25-24-16)18(27)29-11-12-5-4-6-13(9-12)19(20,21)22/h4-10H,3,11H2,1-2H3. The summed E-state index contributed by atoms with van der Waals surface area (Å²) in [6.45, 7) is 1.54. The minimum atomic E-state index is -4.46. The van der Waals surface area contributed by atoms with Gasteiger partial charge in [0.15, 0.2) is 5.82 Å². The second-order valence-electron chi connectivity index (χ2n) is 5.98. The Labute approximate surface area is 164 Å². The number of carbonyl (C=O) groups is 1. The molecule has 10 heteroatoms. The first-order chi connectivity index (χ1) is 13.8. The molecule has 152 valence electrons. The average molecular weight is 406 g/mol. The molecule has 2 aromatic heterocycles. The predicted molar refractivity (Wildman–Crippen MR) is 95.6 cm³/mol. The van der Waals surface area contributed by atoms with E-state index < -0.39 is 17.7 Å². The van der Waals surface area contributed by atoms with E-state index in [2.05, 4.69) is 15.3 Å². The van der Waals surface area contributed by atoms with Gasteiger partial charge in [0.05, 0.1) is 24.6 Å². The molecule has 0 atom stereocenters. The largest absolute Gasteiger partial charge is 0.480 e. The summed E-state index contributed by atoms with van der Waals surface area (Å²) in [5.74, 6) is 0.0336.